The fourth-order valence-corrected chi connectivity index (χ4v) is 0.619. The van der Waals surface area contributed by atoms with Crippen molar-refractivity contribution in [3.8, 4) is 12.3 Å². The summed E-state index contributed by atoms with van der Waals surface area (Å²) in [6, 6.07) is 0. The third-order valence-corrected chi connectivity index (χ3v) is 1.15. The van der Waals surface area contributed by atoms with Gasteiger partial charge in [0.1, 0.15) is 0 Å². The zero-order valence-corrected chi connectivity index (χ0v) is 6.43. The second-order valence-corrected chi connectivity index (χ2v) is 2.13. The third-order valence-electron chi connectivity index (χ3n) is 1.15. The van der Waals surface area contributed by atoms with E-state index in [1.807, 2.05) is 13.0 Å². The van der Waals surface area contributed by atoms with Crippen LogP contribution in [0.1, 0.15) is 19.8 Å². The lowest BCUT2D eigenvalue weighted by molar-refractivity contribution is 1.04. The fourth-order valence-electron chi connectivity index (χ4n) is 0.619. The highest BCUT2D eigenvalue weighted by molar-refractivity contribution is 5.23. The fraction of sp³-hybridized carbons (Fsp3) is 0.300. The third kappa shape index (κ3) is 5.18. The average molecular weight is 133 g/mol. The van der Waals surface area contributed by atoms with Gasteiger partial charge in [-0.25, -0.2) is 0 Å². The van der Waals surface area contributed by atoms with E-state index in [4.69, 9.17) is 6.42 Å². The minimum absolute atomic E-state index is 1.02. The summed E-state index contributed by atoms with van der Waals surface area (Å²) in [7, 11) is 0. The van der Waals surface area contributed by atoms with Gasteiger partial charge in [-0.15, -0.1) is 13.0 Å². The number of terminal acetylenes is 1. The molecule has 10 heavy (non-hydrogen) atoms. The maximum Gasteiger partial charge on any atom is 0.0582 e. The summed E-state index contributed by atoms with van der Waals surface area (Å²) in [6.07, 6.45) is 12.9. The topological polar surface area (TPSA) is 0 Å². The Labute approximate surface area is 63.6 Å². The zero-order chi connectivity index (χ0) is 7.82. The largest absolute Gasteiger partial charge is 0.119 e. The van der Waals surface area contributed by atoms with Crippen LogP contribution in [0.4, 0.5) is 0 Å². The van der Waals surface area contributed by atoms with Crippen LogP contribution in [-0.4, -0.2) is 0 Å². The normalized spacial score (nSPS) is 10.6. The molecule has 0 N–H and O–H groups in total. The van der Waals surface area contributed by atoms with Crippen LogP contribution in [0.15, 0.2) is 24.3 Å². The first-order valence-corrected chi connectivity index (χ1v) is 3.38. The number of hydrogen-bond donors (Lipinski definition) is 0. The highest BCUT2D eigenvalue weighted by Crippen LogP contribution is 2.00. The molecule has 0 aliphatic rings. The van der Waals surface area contributed by atoms with Gasteiger partial charge in [0.25, 0.3) is 0 Å². The molecule has 0 aromatic rings. The molecule has 0 aromatic heterocycles. The summed E-state index contributed by atoms with van der Waals surface area (Å²) in [5, 5.41) is 0. The van der Waals surface area contributed by atoms with Gasteiger partial charge >= 0.3 is 0 Å². The molecule has 0 atom stereocenters. The molecule has 0 amide bonds. The van der Waals surface area contributed by atoms with Crippen molar-refractivity contribution >= 4 is 0 Å². The minimum Gasteiger partial charge on any atom is -0.119 e. The Morgan fingerprint density at radius 3 is 2.80 bits per heavy atom. The van der Waals surface area contributed by atoms with Crippen LogP contribution in [-0.2, 0) is 0 Å². The molecule has 0 bridgehead atoms. The quantitative estimate of drug-likeness (QED) is 0.314. The number of unbranched alkanes of at least 4 members (excludes halogenated alkanes) is 1. The van der Waals surface area contributed by atoms with Crippen molar-refractivity contribution in [2.75, 3.05) is 0 Å². The summed E-state index contributed by atoms with van der Waals surface area (Å²) in [5.74, 6) is 2.48. The van der Waals surface area contributed by atoms with Crippen LogP contribution in [0.25, 0.3) is 0 Å². The lowest BCUT2D eigenvalue weighted by atomic mass is 10.1. The van der Waals surface area contributed by atoms with Gasteiger partial charge < -0.3 is 0 Å². The first-order chi connectivity index (χ1) is 4.81. The highest BCUT2D eigenvalue weighted by atomic mass is 13.9. The number of rotatable bonds is 4. The van der Waals surface area contributed by atoms with Crippen LogP contribution in [0.5, 0.6) is 0 Å². The Kier molecular flexibility index (Phi) is 5.57. The van der Waals surface area contributed by atoms with Gasteiger partial charge in [0, 0.05) is 0 Å². The summed E-state index contributed by atoms with van der Waals surface area (Å²) in [4.78, 5) is 0. The van der Waals surface area contributed by atoms with Crippen LogP contribution < -0.4 is 0 Å². The summed E-state index contributed by atoms with van der Waals surface area (Å²) in [5.41, 5.74) is 1.16. The van der Waals surface area contributed by atoms with Gasteiger partial charge in [0.15, 0.2) is 0 Å². The molecular weight excluding hydrogens is 120 g/mol. The monoisotopic (exact) mass is 133 g/mol. The van der Waals surface area contributed by atoms with Gasteiger partial charge in [-0.05, 0) is 19.8 Å². The molecule has 0 fully saturated rings. The molecule has 0 heteroatoms. The average Bonchev–Trinajstić information content (AvgIpc) is 1.89. The molecule has 0 aliphatic carbocycles. The van der Waals surface area contributed by atoms with Crippen molar-refractivity contribution in [3.63, 3.8) is 0 Å². The Hall–Kier alpha value is -0.960. The summed E-state index contributed by atoms with van der Waals surface area (Å²) in [6.45, 7) is 5.63. The van der Waals surface area contributed by atoms with Crippen LogP contribution in [0, 0.1) is 18.8 Å². The number of allylic oxidation sites excluding steroid dienone is 3. The minimum atomic E-state index is 1.02. The van der Waals surface area contributed by atoms with E-state index >= 15 is 0 Å². The van der Waals surface area contributed by atoms with E-state index < -0.39 is 0 Å². The molecular formula is C10H13. The first-order valence-electron chi connectivity index (χ1n) is 3.38. The highest BCUT2D eigenvalue weighted by Gasteiger charge is 1.83. The Morgan fingerprint density at radius 1 is 1.60 bits per heavy atom. The standard InChI is InChI=1S/C10H13/c1-4-6-7-9-10(3)8-5-2/h2,4,8-9H,1,6-7H2,3H3. The molecule has 0 saturated heterocycles. The maximum atomic E-state index is 5.07. The van der Waals surface area contributed by atoms with Crippen molar-refractivity contribution in [1.82, 2.24) is 0 Å². The van der Waals surface area contributed by atoms with E-state index in [1.165, 1.54) is 0 Å². The second-order valence-electron chi connectivity index (χ2n) is 2.13. The van der Waals surface area contributed by atoms with Gasteiger partial charge in [0.2, 0.25) is 0 Å². The van der Waals surface area contributed by atoms with Crippen LogP contribution in [0.3, 0.4) is 0 Å². The Morgan fingerprint density at radius 2 is 2.30 bits per heavy atom. The zero-order valence-electron chi connectivity index (χ0n) is 6.43. The second kappa shape index (κ2) is 6.16. The molecule has 0 unspecified atom stereocenters. The van der Waals surface area contributed by atoms with Crippen molar-refractivity contribution in [3.05, 3.63) is 30.7 Å². The van der Waals surface area contributed by atoms with Crippen molar-refractivity contribution in [1.29, 1.82) is 0 Å². The van der Waals surface area contributed by atoms with Crippen LogP contribution in [0.2, 0.25) is 0 Å². The van der Waals surface area contributed by atoms with E-state index in [2.05, 4.69) is 18.6 Å². The van der Waals surface area contributed by atoms with E-state index in [9.17, 15) is 0 Å². The maximum absolute atomic E-state index is 5.07. The first kappa shape index (κ1) is 9.04. The summed E-state index contributed by atoms with van der Waals surface area (Å²) >= 11 is 0. The predicted octanol–water partition coefficient (Wildman–Crippen LogP) is 2.74. The molecule has 53 valence electrons. The lowest BCUT2D eigenvalue weighted by Gasteiger charge is -1.91. The van der Waals surface area contributed by atoms with Crippen molar-refractivity contribution < 1.29 is 0 Å². The Balaban J connectivity index is 3.49. The molecule has 0 rings (SSSR count). The van der Waals surface area contributed by atoms with E-state index in [0.29, 0.717) is 0 Å². The molecule has 0 saturated carbocycles. The molecule has 0 aliphatic heterocycles. The number of hydrogen-bond acceptors (Lipinski definition) is 0. The molecule has 0 spiro atoms. The molecule has 1 radical (unpaired) electrons. The van der Waals surface area contributed by atoms with Crippen molar-refractivity contribution in [2.45, 2.75) is 19.8 Å². The molecule has 0 aromatic carbocycles. The SMILES string of the molecule is C#C[CH]C(C)=CCCC=C. The van der Waals surface area contributed by atoms with E-state index in [1.54, 1.807) is 6.42 Å². The lowest BCUT2D eigenvalue weighted by Crippen LogP contribution is -1.74. The van der Waals surface area contributed by atoms with Crippen LogP contribution >= 0.6 is 0 Å². The molecule has 0 nitrogen and oxygen atoms in total. The van der Waals surface area contributed by atoms with Crippen molar-refractivity contribution in [2.24, 2.45) is 0 Å². The predicted molar refractivity (Wildman–Crippen MR) is 46.3 cm³/mol. The van der Waals surface area contributed by atoms with Gasteiger partial charge in [-0.2, -0.15) is 0 Å². The van der Waals surface area contributed by atoms with E-state index in [0.717, 1.165) is 18.4 Å². The Bertz CT molecular complexity index is 155. The van der Waals surface area contributed by atoms with Gasteiger partial charge in [-0.3, -0.25) is 0 Å². The van der Waals surface area contributed by atoms with Gasteiger partial charge in [0.05, 0.1) is 6.42 Å². The van der Waals surface area contributed by atoms with E-state index in [-0.39, 0.29) is 0 Å². The van der Waals surface area contributed by atoms with Gasteiger partial charge in [-0.1, -0.05) is 23.6 Å². The molecule has 0 heterocycles. The smallest absolute Gasteiger partial charge is 0.0582 e. The summed E-state index contributed by atoms with van der Waals surface area (Å²) < 4.78 is 0.